The molecule has 6 N–H and O–H groups in total. The Kier molecular flexibility index (Phi) is 7.95. The fourth-order valence-corrected chi connectivity index (χ4v) is 3.52. The van der Waals surface area contributed by atoms with E-state index in [2.05, 4.69) is 15.0 Å². The summed E-state index contributed by atoms with van der Waals surface area (Å²) in [5.74, 6) is -4.55. The van der Waals surface area contributed by atoms with Crippen molar-refractivity contribution in [3.05, 3.63) is 46.7 Å². The fraction of sp³-hybridized carbons (Fsp3) is 0.250. The van der Waals surface area contributed by atoms with Gasteiger partial charge < -0.3 is 21.7 Å². The number of anilines is 1. The highest BCUT2D eigenvalue weighted by Gasteiger charge is 2.60. The third-order valence-electron chi connectivity index (χ3n) is 4.60. The molecule has 2 aromatic heterocycles. The lowest BCUT2D eigenvalue weighted by Crippen LogP contribution is -2.52. The maximum Gasteiger partial charge on any atom is 0.490 e. The Morgan fingerprint density at radius 1 is 1.03 bits per heavy atom. The van der Waals surface area contributed by atoms with Crippen LogP contribution in [0.3, 0.4) is 0 Å². The predicted molar refractivity (Wildman–Crippen MR) is 115 cm³/mol. The average molecular weight is 537 g/mol. The zero-order valence-electron chi connectivity index (χ0n) is 18.3. The van der Waals surface area contributed by atoms with Crippen LogP contribution in [0.1, 0.15) is 16.1 Å². The molecular formula is C20H17F6N5O4S. The Bertz CT molecular complexity index is 1290. The Labute approximate surface area is 202 Å². The Morgan fingerprint density at radius 3 is 2.06 bits per heavy atom. The molecule has 0 radical (unpaired) electrons. The number of hydrogen-bond acceptors (Lipinski definition) is 8. The molecule has 2 heterocycles. The number of aryl methyl sites for hydroxylation is 2. The van der Waals surface area contributed by atoms with E-state index < -0.39 is 35.4 Å². The third-order valence-corrected chi connectivity index (χ3v) is 5.52. The zero-order valence-corrected chi connectivity index (χ0v) is 19.1. The SMILES string of the molecule is Cc1ncc(-c2nc(-c3cc(C(O)(C(N)=O)C(F)(F)F)ccc3C)cnc2N)s1.O=C(O)C(F)(F)F. The summed E-state index contributed by atoms with van der Waals surface area (Å²) < 4.78 is 72.0. The molecule has 0 aliphatic rings. The zero-order chi connectivity index (χ0) is 27.6. The molecule has 0 fully saturated rings. The number of nitrogens with two attached hydrogens (primary N) is 2. The first-order chi connectivity index (χ1) is 16.4. The van der Waals surface area contributed by atoms with E-state index in [1.165, 1.54) is 23.6 Å². The Morgan fingerprint density at radius 2 is 1.61 bits per heavy atom. The summed E-state index contributed by atoms with van der Waals surface area (Å²) in [6, 6.07) is 3.35. The van der Waals surface area contributed by atoms with Gasteiger partial charge in [0.05, 0.1) is 21.8 Å². The van der Waals surface area contributed by atoms with Gasteiger partial charge in [0.15, 0.2) is 5.82 Å². The highest BCUT2D eigenvalue weighted by atomic mass is 32.1. The summed E-state index contributed by atoms with van der Waals surface area (Å²) in [7, 11) is 0. The van der Waals surface area contributed by atoms with Crippen LogP contribution in [0.5, 0.6) is 0 Å². The standard InChI is InChI=1S/C18H16F3N5O2S.C2HF3O2/c1-8-3-4-10(17(28,16(23)27)18(19,20)21)5-11(8)12-6-25-15(22)14(26-12)13-7-24-9(2)29-13;3-2(4,5)1(6)7/h3-7,28H,1-2H3,(H2,22,25)(H2,23,27);(H,6,7). The number of thiazole rings is 1. The lowest BCUT2D eigenvalue weighted by molar-refractivity contribution is -0.255. The van der Waals surface area contributed by atoms with Crippen molar-refractivity contribution in [2.24, 2.45) is 5.73 Å². The smallest absolute Gasteiger partial charge is 0.475 e. The van der Waals surface area contributed by atoms with Crippen LogP contribution in [-0.4, -0.2) is 49.4 Å². The number of carbonyl (C=O) groups is 2. The van der Waals surface area contributed by atoms with Gasteiger partial charge in [-0.1, -0.05) is 12.1 Å². The summed E-state index contributed by atoms with van der Waals surface area (Å²) in [5, 5.41) is 18.0. The molecule has 0 spiro atoms. The monoisotopic (exact) mass is 537 g/mol. The van der Waals surface area contributed by atoms with Crippen molar-refractivity contribution in [2.75, 3.05) is 5.73 Å². The minimum atomic E-state index is -5.30. The molecule has 1 amide bonds. The number of aliphatic carboxylic acids is 1. The van der Waals surface area contributed by atoms with Crippen LogP contribution in [0.4, 0.5) is 32.2 Å². The van der Waals surface area contributed by atoms with E-state index in [9.17, 15) is 36.2 Å². The van der Waals surface area contributed by atoms with Crippen LogP contribution in [0.15, 0.2) is 30.6 Å². The van der Waals surface area contributed by atoms with E-state index >= 15 is 0 Å². The second-order valence-electron chi connectivity index (χ2n) is 7.14. The van der Waals surface area contributed by atoms with Gasteiger partial charge in [-0.05, 0) is 25.5 Å². The van der Waals surface area contributed by atoms with E-state index in [4.69, 9.17) is 21.4 Å². The largest absolute Gasteiger partial charge is 0.490 e. The van der Waals surface area contributed by atoms with Crippen molar-refractivity contribution in [2.45, 2.75) is 31.8 Å². The lowest BCUT2D eigenvalue weighted by Gasteiger charge is -2.28. The number of rotatable bonds is 4. The second-order valence-corrected chi connectivity index (χ2v) is 8.37. The van der Waals surface area contributed by atoms with E-state index in [1.807, 2.05) is 0 Å². The highest BCUT2D eigenvalue weighted by Crippen LogP contribution is 2.40. The van der Waals surface area contributed by atoms with Gasteiger partial charge in [0.25, 0.3) is 11.5 Å². The molecule has 3 rings (SSSR count). The van der Waals surface area contributed by atoms with Crippen LogP contribution < -0.4 is 11.5 Å². The summed E-state index contributed by atoms with van der Waals surface area (Å²) in [6.45, 7) is 3.45. The van der Waals surface area contributed by atoms with Gasteiger partial charge in [0.2, 0.25) is 0 Å². The topological polar surface area (TPSA) is 165 Å². The Balaban J connectivity index is 0.000000572. The number of aliphatic hydroxyl groups is 1. The van der Waals surface area contributed by atoms with Crippen molar-refractivity contribution >= 4 is 29.0 Å². The fourth-order valence-electron chi connectivity index (χ4n) is 2.75. The molecule has 1 unspecified atom stereocenters. The number of halogens is 6. The molecule has 1 aromatic carbocycles. The van der Waals surface area contributed by atoms with Crippen molar-refractivity contribution in [3.63, 3.8) is 0 Å². The van der Waals surface area contributed by atoms with Crippen LogP contribution in [-0.2, 0) is 15.2 Å². The van der Waals surface area contributed by atoms with Gasteiger partial charge in [-0.3, -0.25) is 4.79 Å². The lowest BCUT2D eigenvalue weighted by atomic mass is 9.89. The van der Waals surface area contributed by atoms with Crippen LogP contribution in [0.25, 0.3) is 21.8 Å². The molecule has 194 valence electrons. The van der Waals surface area contributed by atoms with Crippen LogP contribution in [0, 0.1) is 13.8 Å². The molecule has 0 bridgehead atoms. The average Bonchev–Trinajstić information content (AvgIpc) is 3.19. The predicted octanol–water partition coefficient (Wildman–Crippen LogP) is 3.33. The number of nitrogen functional groups attached to an aromatic ring is 1. The number of nitrogens with zero attached hydrogens (tertiary/aromatic N) is 3. The van der Waals surface area contributed by atoms with Crippen molar-refractivity contribution in [3.8, 4) is 21.8 Å². The molecule has 36 heavy (non-hydrogen) atoms. The number of aromatic nitrogens is 3. The first-order valence-electron chi connectivity index (χ1n) is 9.45. The summed E-state index contributed by atoms with van der Waals surface area (Å²) in [5.41, 5.74) is 7.56. The molecule has 3 aromatic rings. The molecule has 0 aliphatic carbocycles. The summed E-state index contributed by atoms with van der Waals surface area (Å²) in [4.78, 5) is 33.7. The van der Waals surface area contributed by atoms with Gasteiger partial charge in [0, 0.05) is 17.3 Å². The number of carbonyl (C=O) groups excluding carboxylic acids is 1. The van der Waals surface area contributed by atoms with E-state index in [0.717, 1.165) is 17.1 Å². The minimum absolute atomic E-state index is 0.134. The molecule has 1 atom stereocenters. The molecule has 9 nitrogen and oxygen atoms in total. The maximum atomic E-state index is 13.4. The first-order valence-corrected chi connectivity index (χ1v) is 10.3. The van der Waals surface area contributed by atoms with Gasteiger partial charge >= 0.3 is 18.3 Å². The normalized spacial score (nSPS) is 13.4. The molecule has 0 saturated heterocycles. The first kappa shape index (κ1) is 28.4. The molecule has 0 saturated carbocycles. The minimum Gasteiger partial charge on any atom is -0.475 e. The highest BCUT2D eigenvalue weighted by molar-refractivity contribution is 7.15. The van der Waals surface area contributed by atoms with Gasteiger partial charge in [-0.2, -0.15) is 26.3 Å². The quantitative estimate of drug-likeness (QED) is 0.368. The molecule has 0 aliphatic heterocycles. The van der Waals surface area contributed by atoms with Crippen LogP contribution in [0.2, 0.25) is 0 Å². The third kappa shape index (κ3) is 5.88. The molecular weight excluding hydrogens is 520 g/mol. The number of alkyl halides is 6. The van der Waals surface area contributed by atoms with Crippen molar-refractivity contribution in [1.82, 2.24) is 15.0 Å². The number of primary amides is 1. The number of carboxylic acid groups (broad SMARTS) is 1. The van der Waals surface area contributed by atoms with E-state index in [-0.39, 0.29) is 17.1 Å². The maximum absolute atomic E-state index is 13.4. The molecule has 16 heteroatoms. The number of hydrogen-bond donors (Lipinski definition) is 4. The number of carboxylic acids is 1. The van der Waals surface area contributed by atoms with Gasteiger partial charge in [0.1, 0.15) is 5.69 Å². The summed E-state index contributed by atoms with van der Waals surface area (Å²) in [6.07, 6.45) is -7.51. The Hall–Kier alpha value is -3.79. The number of amides is 1. The van der Waals surface area contributed by atoms with Gasteiger partial charge in [-0.25, -0.2) is 19.7 Å². The van der Waals surface area contributed by atoms with Crippen molar-refractivity contribution in [1.29, 1.82) is 0 Å². The van der Waals surface area contributed by atoms with E-state index in [0.29, 0.717) is 16.1 Å². The second kappa shape index (κ2) is 10.1. The van der Waals surface area contributed by atoms with Gasteiger partial charge in [-0.15, -0.1) is 11.3 Å². The van der Waals surface area contributed by atoms with Crippen LogP contribution >= 0.6 is 11.3 Å². The number of benzene rings is 1. The van der Waals surface area contributed by atoms with Crippen molar-refractivity contribution < 1.29 is 46.1 Å². The van der Waals surface area contributed by atoms with E-state index in [1.54, 1.807) is 20.0 Å². The summed E-state index contributed by atoms with van der Waals surface area (Å²) >= 11 is 1.33.